The van der Waals surface area contributed by atoms with Crippen molar-refractivity contribution in [1.82, 2.24) is 0 Å². The van der Waals surface area contributed by atoms with E-state index in [0.29, 0.717) is 26.4 Å². The zero-order valence-electron chi connectivity index (χ0n) is 8.87. The van der Waals surface area contributed by atoms with E-state index in [4.69, 9.17) is 15.3 Å². The third-order valence-electron chi connectivity index (χ3n) is 1.05. The van der Waals surface area contributed by atoms with E-state index in [2.05, 4.69) is 0 Å². The van der Waals surface area contributed by atoms with Gasteiger partial charge in [0.15, 0.2) is 0 Å². The monoisotopic (exact) mass is 260 g/mol. The molecule has 0 spiro atoms. The Hall–Kier alpha value is 0.359. The Morgan fingerprint density at radius 2 is 0.846 bits per heavy atom. The molecule has 82 valence electrons. The van der Waals surface area contributed by atoms with Crippen LogP contribution in [0.5, 0.6) is 0 Å². The van der Waals surface area contributed by atoms with Gasteiger partial charge in [-0.25, -0.2) is 0 Å². The van der Waals surface area contributed by atoms with E-state index in [9.17, 15) is 0 Å². The molecular formula is C8H20O4Se. The minimum atomic E-state index is -2.98. The van der Waals surface area contributed by atoms with Gasteiger partial charge in [-0.15, -0.1) is 0 Å². The molecule has 4 nitrogen and oxygen atoms in total. The van der Waals surface area contributed by atoms with Gasteiger partial charge in [0.05, 0.1) is 0 Å². The van der Waals surface area contributed by atoms with E-state index >= 15 is 0 Å². The van der Waals surface area contributed by atoms with Crippen molar-refractivity contribution in [1.29, 1.82) is 0 Å². The average molecular weight is 259 g/mol. The molecule has 13 heavy (non-hydrogen) atoms. The first-order valence-electron chi connectivity index (χ1n) is 4.65. The van der Waals surface area contributed by atoms with Crippen LogP contribution >= 0.6 is 0 Å². The fraction of sp³-hybridized carbons (Fsp3) is 1.00. The molecule has 0 aliphatic rings. The first-order valence-corrected chi connectivity index (χ1v) is 7.45. The molecular weight excluding hydrogens is 239 g/mol. The zero-order valence-corrected chi connectivity index (χ0v) is 10.6. The molecule has 0 N–H and O–H groups in total. The summed E-state index contributed by atoms with van der Waals surface area (Å²) in [6.07, 6.45) is 0. The molecule has 0 unspecified atom stereocenters. The third kappa shape index (κ3) is 4.96. The fourth-order valence-corrected chi connectivity index (χ4v) is 4.06. The van der Waals surface area contributed by atoms with Crippen LogP contribution in [0.3, 0.4) is 0 Å². The standard InChI is InChI=1S/C8H20O4Se/c1-5-9-13(10-6-2,11-7-3)12-8-4/h5-8H2,1-4H3. The molecule has 0 amide bonds. The first kappa shape index (κ1) is 13.4. The molecule has 0 bridgehead atoms. The first-order chi connectivity index (χ1) is 6.24. The van der Waals surface area contributed by atoms with E-state index in [0.717, 1.165) is 0 Å². The predicted octanol–water partition coefficient (Wildman–Crippen LogP) is 1.57. The minimum absolute atomic E-state index is 0.556. The van der Waals surface area contributed by atoms with Gasteiger partial charge < -0.3 is 0 Å². The summed E-state index contributed by atoms with van der Waals surface area (Å²) in [7, 11) is 0. The van der Waals surface area contributed by atoms with E-state index in [1.807, 2.05) is 27.7 Å². The van der Waals surface area contributed by atoms with Crippen LogP contribution in [0.25, 0.3) is 0 Å². The molecule has 0 aromatic rings. The summed E-state index contributed by atoms with van der Waals surface area (Å²) in [5, 5.41) is 0. The Morgan fingerprint density at radius 3 is 1.00 bits per heavy atom. The second-order valence-corrected chi connectivity index (χ2v) is 5.73. The van der Waals surface area contributed by atoms with Gasteiger partial charge in [0.2, 0.25) is 0 Å². The molecule has 0 heterocycles. The van der Waals surface area contributed by atoms with Gasteiger partial charge in [0, 0.05) is 0 Å². The van der Waals surface area contributed by atoms with Crippen LogP contribution in [0.2, 0.25) is 0 Å². The van der Waals surface area contributed by atoms with Crippen molar-refractivity contribution in [2.45, 2.75) is 27.7 Å². The number of hydrogen-bond acceptors (Lipinski definition) is 4. The van der Waals surface area contributed by atoms with Gasteiger partial charge in [-0.2, -0.15) is 0 Å². The molecule has 0 rings (SSSR count). The SMILES string of the molecule is CCO[Se](OCC)(OCC)OCC. The average Bonchev–Trinajstić information content (AvgIpc) is 2.06. The predicted molar refractivity (Wildman–Crippen MR) is 52.3 cm³/mol. The molecule has 5 heteroatoms. The zero-order chi connectivity index (χ0) is 10.2. The number of hydrogen-bond donors (Lipinski definition) is 0. The summed E-state index contributed by atoms with van der Waals surface area (Å²) in [6, 6.07) is 0. The molecule has 0 aromatic heterocycles. The normalized spacial score (nSPS) is 13.2. The van der Waals surface area contributed by atoms with E-state index in [1.165, 1.54) is 0 Å². The molecule has 0 aromatic carbocycles. The summed E-state index contributed by atoms with van der Waals surface area (Å²) < 4.78 is 21.8. The van der Waals surface area contributed by atoms with Crippen LogP contribution in [-0.2, 0) is 15.3 Å². The van der Waals surface area contributed by atoms with Crippen LogP contribution in [0.1, 0.15) is 27.7 Å². The molecule has 0 saturated heterocycles. The Labute approximate surface area is 84.0 Å². The van der Waals surface area contributed by atoms with Gasteiger partial charge >= 0.3 is 83.6 Å². The van der Waals surface area contributed by atoms with Crippen LogP contribution in [0.4, 0.5) is 0 Å². The topological polar surface area (TPSA) is 36.9 Å². The van der Waals surface area contributed by atoms with Crippen LogP contribution in [0, 0.1) is 0 Å². The van der Waals surface area contributed by atoms with Crippen molar-refractivity contribution in [2.75, 3.05) is 26.4 Å². The van der Waals surface area contributed by atoms with Crippen LogP contribution in [0.15, 0.2) is 0 Å². The Kier molecular flexibility index (Phi) is 7.95. The Bertz CT molecular complexity index is 91.2. The molecule has 0 atom stereocenters. The van der Waals surface area contributed by atoms with Crippen LogP contribution in [-0.4, -0.2) is 40.6 Å². The molecule has 0 aliphatic carbocycles. The van der Waals surface area contributed by atoms with Crippen molar-refractivity contribution in [3.8, 4) is 0 Å². The van der Waals surface area contributed by atoms with Crippen molar-refractivity contribution >= 4 is 14.2 Å². The van der Waals surface area contributed by atoms with Gasteiger partial charge in [-0.1, -0.05) is 0 Å². The van der Waals surface area contributed by atoms with Crippen molar-refractivity contribution in [2.24, 2.45) is 0 Å². The second-order valence-electron chi connectivity index (χ2n) is 2.03. The second kappa shape index (κ2) is 7.73. The molecule has 0 saturated carbocycles. The van der Waals surface area contributed by atoms with E-state index < -0.39 is 14.2 Å². The fourth-order valence-electron chi connectivity index (χ4n) is 0.781. The molecule has 0 aliphatic heterocycles. The maximum atomic E-state index is 5.44. The quantitative estimate of drug-likeness (QED) is 0.620. The summed E-state index contributed by atoms with van der Waals surface area (Å²) in [6.45, 7) is 9.85. The van der Waals surface area contributed by atoms with Crippen molar-refractivity contribution in [3.63, 3.8) is 0 Å². The summed E-state index contributed by atoms with van der Waals surface area (Å²) >= 11 is -2.98. The van der Waals surface area contributed by atoms with Gasteiger partial charge in [0.1, 0.15) is 0 Å². The van der Waals surface area contributed by atoms with Gasteiger partial charge in [-0.3, -0.25) is 0 Å². The van der Waals surface area contributed by atoms with Gasteiger partial charge in [0.25, 0.3) is 0 Å². The Morgan fingerprint density at radius 1 is 0.615 bits per heavy atom. The van der Waals surface area contributed by atoms with Crippen molar-refractivity contribution in [3.05, 3.63) is 0 Å². The summed E-state index contributed by atoms with van der Waals surface area (Å²) in [5.74, 6) is 0. The number of rotatable bonds is 8. The maximum absolute atomic E-state index is 5.44. The summed E-state index contributed by atoms with van der Waals surface area (Å²) in [5.41, 5.74) is 0. The molecule has 0 radical (unpaired) electrons. The van der Waals surface area contributed by atoms with Crippen LogP contribution < -0.4 is 0 Å². The van der Waals surface area contributed by atoms with Crippen molar-refractivity contribution < 1.29 is 15.3 Å². The molecule has 0 fully saturated rings. The van der Waals surface area contributed by atoms with E-state index in [-0.39, 0.29) is 0 Å². The Balaban J connectivity index is 4.19. The van der Waals surface area contributed by atoms with E-state index in [1.54, 1.807) is 0 Å². The van der Waals surface area contributed by atoms with Gasteiger partial charge in [-0.05, 0) is 0 Å². The summed E-state index contributed by atoms with van der Waals surface area (Å²) in [4.78, 5) is 0. The third-order valence-corrected chi connectivity index (χ3v) is 5.45.